The first-order chi connectivity index (χ1) is 6.85. The lowest BCUT2D eigenvalue weighted by atomic mass is 10.2. The minimum absolute atomic E-state index is 0.0810. The molecule has 0 saturated carbocycles. The Kier molecular flexibility index (Phi) is 5.88. The highest BCUT2D eigenvalue weighted by atomic mass is 32.2. The maximum atomic E-state index is 11.7. The largest absolute Gasteiger partial charge is 0.280 e. The Balaban J connectivity index is 4.57. The summed E-state index contributed by atoms with van der Waals surface area (Å²) in [5.41, 5.74) is 0. The van der Waals surface area contributed by atoms with Crippen LogP contribution in [0.2, 0.25) is 0 Å². The van der Waals surface area contributed by atoms with Crippen LogP contribution in [0.4, 0.5) is 0 Å². The molecule has 0 rings (SSSR count). The van der Waals surface area contributed by atoms with E-state index in [0.29, 0.717) is 6.42 Å². The highest BCUT2D eigenvalue weighted by molar-refractivity contribution is 7.87. The van der Waals surface area contributed by atoms with Crippen LogP contribution in [-0.4, -0.2) is 31.9 Å². The molecule has 1 unspecified atom stereocenters. The zero-order valence-corrected chi connectivity index (χ0v) is 10.6. The molecule has 0 saturated heterocycles. The molecule has 88 valence electrons. The van der Waals surface area contributed by atoms with Gasteiger partial charge in [0.25, 0.3) is 10.2 Å². The van der Waals surface area contributed by atoms with Crippen LogP contribution in [0.5, 0.6) is 0 Å². The highest BCUT2D eigenvalue weighted by Crippen LogP contribution is 2.04. The molecule has 0 fully saturated rings. The first-order valence-corrected chi connectivity index (χ1v) is 6.50. The van der Waals surface area contributed by atoms with E-state index in [-0.39, 0.29) is 6.04 Å². The van der Waals surface area contributed by atoms with E-state index in [0.717, 1.165) is 6.42 Å². The van der Waals surface area contributed by atoms with Gasteiger partial charge in [0.2, 0.25) is 0 Å². The fourth-order valence-corrected chi connectivity index (χ4v) is 2.27. The van der Waals surface area contributed by atoms with Crippen LogP contribution in [0.1, 0.15) is 33.6 Å². The Morgan fingerprint density at radius 2 is 2.00 bits per heavy atom. The summed E-state index contributed by atoms with van der Waals surface area (Å²) >= 11 is 0. The molecule has 4 nitrogen and oxygen atoms in total. The van der Waals surface area contributed by atoms with Gasteiger partial charge in [-0.15, -0.1) is 6.42 Å². The highest BCUT2D eigenvalue weighted by Gasteiger charge is 2.22. The van der Waals surface area contributed by atoms with Crippen LogP contribution in [0.25, 0.3) is 0 Å². The SMILES string of the molecule is C#CC(CCC)NS(=O)(=O)N(C)C(C)C. The van der Waals surface area contributed by atoms with Crippen molar-refractivity contribution >= 4 is 10.2 Å². The summed E-state index contributed by atoms with van der Waals surface area (Å²) in [5.74, 6) is 2.44. The van der Waals surface area contributed by atoms with Crippen molar-refractivity contribution in [2.75, 3.05) is 7.05 Å². The maximum absolute atomic E-state index is 11.7. The molecule has 0 aliphatic heterocycles. The van der Waals surface area contributed by atoms with Gasteiger partial charge in [-0.25, -0.2) is 0 Å². The summed E-state index contributed by atoms with van der Waals surface area (Å²) in [5, 5.41) is 0. The second-order valence-corrected chi connectivity index (χ2v) is 5.50. The predicted octanol–water partition coefficient (Wildman–Crippen LogP) is 0.963. The number of nitrogens with one attached hydrogen (secondary N) is 1. The van der Waals surface area contributed by atoms with E-state index in [2.05, 4.69) is 10.6 Å². The van der Waals surface area contributed by atoms with Gasteiger partial charge < -0.3 is 0 Å². The lowest BCUT2D eigenvalue weighted by Gasteiger charge is -2.23. The van der Waals surface area contributed by atoms with Crippen molar-refractivity contribution in [2.45, 2.75) is 45.7 Å². The molecular weight excluding hydrogens is 212 g/mol. The second kappa shape index (κ2) is 6.11. The Morgan fingerprint density at radius 1 is 1.47 bits per heavy atom. The molecule has 1 N–H and O–H groups in total. The third-order valence-corrected chi connectivity index (χ3v) is 3.94. The molecular formula is C10H20N2O2S. The zero-order chi connectivity index (χ0) is 12.1. The number of hydrogen-bond donors (Lipinski definition) is 1. The summed E-state index contributed by atoms with van der Waals surface area (Å²) in [6.45, 7) is 5.58. The van der Waals surface area contributed by atoms with Gasteiger partial charge in [-0.1, -0.05) is 19.3 Å². The van der Waals surface area contributed by atoms with Crippen molar-refractivity contribution in [1.82, 2.24) is 9.03 Å². The summed E-state index contributed by atoms with van der Waals surface area (Å²) in [6, 6.07) is -0.497. The van der Waals surface area contributed by atoms with Crippen LogP contribution >= 0.6 is 0 Å². The summed E-state index contributed by atoms with van der Waals surface area (Å²) in [4.78, 5) is 0. The standard InChI is InChI=1S/C10H20N2O2S/c1-6-8-10(7-2)11-15(13,14)12(5)9(3)4/h2,9-11H,6,8H2,1,3-5H3. The van der Waals surface area contributed by atoms with E-state index < -0.39 is 16.3 Å². The Morgan fingerprint density at radius 3 is 2.33 bits per heavy atom. The molecule has 1 atom stereocenters. The number of terminal acetylenes is 1. The average molecular weight is 232 g/mol. The first-order valence-electron chi connectivity index (χ1n) is 5.06. The normalized spacial score (nSPS) is 14.2. The van der Waals surface area contributed by atoms with Crippen molar-refractivity contribution in [3.8, 4) is 12.3 Å². The Labute approximate surface area is 93.2 Å². The van der Waals surface area contributed by atoms with Crippen LogP contribution < -0.4 is 4.72 Å². The summed E-state index contributed by atoms with van der Waals surface area (Å²) < 4.78 is 27.2. The molecule has 0 aromatic heterocycles. The molecule has 0 aliphatic rings. The van der Waals surface area contributed by atoms with E-state index in [1.54, 1.807) is 0 Å². The van der Waals surface area contributed by atoms with Crippen LogP contribution in [0.3, 0.4) is 0 Å². The molecule has 0 spiro atoms. The Hall–Kier alpha value is -0.570. The second-order valence-electron chi connectivity index (χ2n) is 3.74. The third-order valence-electron chi connectivity index (χ3n) is 2.18. The molecule has 0 aromatic carbocycles. The predicted molar refractivity (Wildman–Crippen MR) is 62.5 cm³/mol. The van der Waals surface area contributed by atoms with Crippen LogP contribution in [0.15, 0.2) is 0 Å². The smallest absolute Gasteiger partial charge is 0.195 e. The van der Waals surface area contributed by atoms with Gasteiger partial charge in [-0.3, -0.25) is 0 Å². The van der Waals surface area contributed by atoms with Gasteiger partial charge in [-0.05, 0) is 20.3 Å². The Bertz CT molecular complexity index is 317. The fourth-order valence-electron chi connectivity index (χ4n) is 1.01. The fraction of sp³-hybridized carbons (Fsp3) is 0.800. The quantitative estimate of drug-likeness (QED) is 0.694. The maximum Gasteiger partial charge on any atom is 0.280 e. The topological polar surface area (TPSA) is 49.4 Å². The number of rotatable bonds is 6. The molecule has 15 heavy (non-hydrogen) atoms. The van der Waals surface area contributed by atoms with Crippen molar-refractivity contribution in [3.63, 3.8) is 0 Å². The number of nitrogens with zero attached hydrogens (tertiary/aromatic N) is 1. The molecule has 0 aromatic rings. The van der Waals surface area contributed by atoms with Crippen molar-refractivity contribution < 1.29 is 8.42 Å². The first kappa shape index (κ1) is 14.4. The van der Waals surface area contributed by atoms with E-state index in [4.69, 9.17) is 6.42 Å². The van der Waals surface area contributed by atoms with E-state index in [9.17, 15) is 8.42 Å². The third kappa shape index (κ3) is 4.65. The molecule has 0 amide bonds. The summed E-state index contributed by atoms with van der Waals surface area (Å²) in [7, 11) is -1.92. The minimum atomic E-state index is -3.45. The van der Waals surface area contributed by atoms with Gasteiger partial charge in [0.05, 0.1) is 6.04 Å². The van der Waals surface area contributed by atoms with E-state index in [1.807, 2.05) is 20.8 Å². The molecule has 0 radical (unpaired) electrons. The minimum Gasteiger partial charge on any atom is -0.195 e. The summed E-state index contributed by atoms with van der Waals surface area (Å²) in [6.07, 6.45) is 6.75. The van der Waals surface area contributed by atoms with Crippen molar-refractivity contribution in [1.29, 1.82) is 0 Å². The zero-order valence-electron chi connectivity index (χ0n) is 9.82. The number of hydrogen-bond acceptors (Lipinski definition) is 2. The van der Waals surface area contributed by atoms with E-state index in [1.165, 1.54) is 11.4 Å². The lowest BCUT2D eigenvalue weighted by molar-refractivity contribution is 0.398. The van der Waals surface area contributed by atoms with E-state index >= 15 is 0 Å². The lowest BCUT2D eigenvalue weighted by Crippen LogP contribution is -2.45. The molecule has 0 heterocycles. The average Bonchev–Trinajstić information content (AvgIpc) is 2.15. The molecule has 0 aliphatic carbocycles. The van der Waals surface area contributed by atoms with Gasteiger partial charge in [0, 0.05) is 13.1 Å². The molecule has 0 bridgehead atoms. The van der Waals surface area contributed by atoms with Gasteiger partial charge in [-0.2, -0.15) is 17.4 Å². The van der Waals surface area contributed by atoms with Crippen molar-refractivity contribution in [3.05, 3.63) is 0 Å². The molecule has 5 heteroatoms. The van der Waals surface area contributed by atoms with Gasteiger partial charge >= 0.3 is 0 Å². The van der Waals surface area contributed by atoms with Gasteiger partial charge in [0.15, 0.2) is 0 Å². The van der Waals surface area contributed by atoms with Crippen LogP contribution in [0, 0.1) is 12.3 Å². The van der Waals surface area contributed by atoms with Crippen LogP contribution in [-0.2, 0) is 10.2 Å². The monoisotopic (exact) mass is 232 g/mol. The van der Waals surface area contributed by atoms with Gasteiger partial charge in [0.1, 0.15) is 0 Å². The van der Waals surface area contributed by atoms with Crippen molar-refractivity contribution in [2.24, 2.45) is 0 Å².